The largest absolute Gasteiger partial charge is 0.497 e. The number of piperazine rings is 2. The fourth-order valence-corrected chi connectivity index (χ4v) is 6.12. The lowest BCUT2D eigenvalue weighted by Crippen LogP contribution is -2.46. The Morgan fingerprint density at radius 1 is 0.711 bits per heavy atom. The van der Waals surface area contributed by atoms with Crippen LogP contribution in [0.3, 0.4) is 0 Å². The zero-order chi connectivity index (χ0) is 26.5. The second-order valence-electron chi connectivity index (χ2n) is 11.4. The van der Waals surface area contributed by atoms with Crippen LogP contribution in [0.1, 0.15) is 28.8 Å². The van der Waals surface area contributed by atoms with E-state index >= 15 is 0 Å². The Bertz CT molecular complexity index is 1170. The van der Waals surface area contributed by atoms with E-state index in [1.165, 1.54) is 72.4 Å². The normalized spacial score (nSPS) is 18.4. The first-order valence-electron chi connectivity index (χ1n) is 14.6. The highest BCUT2D eigenvalue weighted by molar-refractivity contribution is 5.86. The van der Waals surface area contributed by atoms with E-state index in [0.29, 0.717) is 0 Å². The summed E-state index contributed by atoms with van der Waals surface area (Å²) in [6, 6.07) is 15.7. The van der Waals surface area contributed by atoms with Crippen molar-refractivity contribution in [1.29, 1.82) is 0 Å². The molecule has 0 saturated carbocycles. The highest BCUT2D eigenvalue weighted by atomic mass is 16.5. The van der Waals surface area contributed by atoms with Crippen molar-refractivity contribution in [2.75, 3.05) is 79.6 Å². The van der Waals surface area contributed by atoms with Gasteiger partial charge >= 0.3 is 0 Å². The lowest BCUT2D eigenvalue weighted by molar-refractivity contribution is 0.128. The molecular weight excluding hydrogens is 470 g/mol. The van der Waals surface area contributed by atoms with Crippen LogP contribution in [-0.2, 0) is 19.5 Å². The number of methoxy groups -OCH3 is 1. The number of fused-ring (bicyclic) bond motifs is 1. The zero-order valence-electron chi connectivity index (χ0n) is 24.1. The number of benzene rings is 2. The van der Waals surface area contributed by atoms with Gasteiger partial charge in [0, 0.05) is 88.6 Å². The summed E-state index contributed by atoms with van der Waals surface area (Å²) < 4.78 is 7.84. The third kappa shape index (κ3) is 6.60. The van der Waals surface area contributed by atoms with E-state index in [-0.39, 0.29) is 0 Å². The summed E-state index contributed by atoms with van der Waals surface area (Å²) in [5.74, 6) is 0.934. The molecule has 0 N–H and O–H groups in total. The Kier molecular flexibility index (Phi) is 9.05. The maximum absolute atomic E-state index is 5.28. The van der Waals surface area contributed by atoms with Gasteiger partial charge in [-0.1, -0.05) is 18.2 Å². The number of aromatic nitrogens is 1. The predicted octanol–water partition coefficient (Wildman–Crippen LogP) is 4.26. The Balaban J connectivity index is 1.11. The number of ether oxygens (including phenoxy) is 1. The molecule has 0 radical (unpaired) electrons. The Hall–Kier alpha value is -2.38. The van der Waals surface area contributed by atoms with Gasteiger partial charge in [0.15, 0.2) is 0 Å². The topological polar surface area (TPSA) is 27.1 Å². The van der Waals surface area contributed by atoms with Gasteiger partial charge in [-0.05, 0) is 81.2 Å². The standard InChI is InChI=1S/C32H47N5O/c1-26-27(2)37(14-5-13-34-18-16-33(3)17-19-34)32-11-8-29(24-31(26)32)25-36-22-20-35(21-23-36)15-12-28-6-9-30(38-4)10-7-28/h6-11,24H,5,12-23,25H2,1-4H3. The number of aryl methyl sites for hydroxylation is 2. The molecular formula is C32H47N5O. The smallest absolute Gasteiger partial charge is 0.118 e. The van der Waals surface area contributed by atoms with E-state index < -0.39 is 0 Å². The molecule has 3 aromatic rings. The first-order valence-corrected chi connectivity index (χ1v) is 14.6. The minimum Gasteiger partial charge on any atom is -0.497 e. The summed E-state index contributed by atoms with van der Waals surface area (Å²) in [6.07, 6.45) is 2.32. The average molecular weight is 518 g/mol. The second-order valence-corrected chi connectivity index (χ2v) is 11.4. The van der Waals surface area contributed by atoms with Crippen molar-refractivity contribution in [2.45, 2.75) is 39.8 Å². The molecule has 6 nitrogen and oxygen atoms in total. The van der Waals surface area contributed by atoms with E-state index in [2.05, 4.69) is 87.5 Å². The van der Waals surface area contributed by atoms with Crippen LogP contribution in [0.2, 0.25) is 0 Å². The van der Waals surface area contributed by atoms with Gasteiger partial charge in [-0.3, -0.25) is 4.90 Å². The van der Waals surface area contributed by atoms with Crippen molar-refractivity contribution in [3.63, 3.8) is 0 Å². The van der Waals surface area contributed by atoms with Gasteiger partial charge in [-0.15, -0.1) is 0 Å². The van der Waals surface area contributed by atoms with Crippen molar-refractivity contribution in [1.82, 2.24) is 24.2 Å². The maximum atomic E-state index is 5.28. The Morgan fingerprint density at radius 3 is 2.05 bits per heavy atom. The fourth-order valence-electron chi connectivity index (χ4n) is 6.12. The molecule has 0 bridgehead atoms. The van der Waals surface area contributed by atoms with Gasteiger partial charge in [0.05, 0.1) is 7.11 Å². The minimum absolute atomic E-state index is 0.934. The first-order chi connectivity index (χ1) is 18.5. The molecule has 206 valence electrons. The molecule has 2 aromatic carbocycles. The molecule has 5 rings (SSSR count). The average Bonchev–Trinajstić information content (AvgIpc) is 3.18. The van der Waals surface area contributed by atoms with Crippen LogP contribution in [0.4, 0.5) is 0 Å². The number of likely N-dealkylation sites (N-methyl/N-ethyl adjacent to an activating group) is 1. The van der Waals surface area contributed by atoms with Crippen LogP contribution in [0.5, 0.6) is 5.75 Å². The Morgan fingerprint density at radius 2 is 1.34 bits per heavy atom. The number of rotatable bonds is 10. The maximum Gasteiger partial charge on any atom is 0.118 e. The molecule has 6 heteroatoms. The fraction of sp³-hybridized carbons (Fsp3) is 0.562. The molecule has 1 aromatic heterocycles. The third-order valence-electron chi connectivity index (χ3n) is 8.90. The molecule has 2 aliphatic rings. The number of hydrogen-bond acceptors (Lipinski definition) is 5. The number of hydrogen-bond donors (Lipinski definition) is 0. The summed E-state index contributed by atoms with van der Waals surface area (Å²) in [5.41, 5.74) is 7.12. The van der Waals surface area contributed by atoms with Gasteiger partial charge in [0.1, 0.15) is 5.75 Å². The summed E-state index contributed by atoms with van der Waals surface area (Å²) in [7, 11) is 3.96. The quantitative estimate of drug-likeness (QED) is 0.401. The number of nitrogens with zero attached hydrogens (tertiary/aromatic N) is 5. The van der Waals surface area contributed by atoms with Gasteiger partial charge in [0.2, 0.25) is 0 Å². The van der Waals surface area contributed by atoms with Gasteiger partial charge in [-0.2, -0.15) is 0 Å². The van der Waals surface area contributed by atoms with Crippen molar-refractivity contribution in [2.24, 2.45) is 0 Å². The SMILES string of the molecule is COc1ccc(CCN2CCN(Cc3ccc4c(c3)c(C)c(C)n4CCCN3CCN(C)CC3)CC2)cc1. The lowest BCUT2D eigenvalue weighted by atomic mass is 10.1. The van der Waals surface area contributed by atoms with Crippen LogP contribution in [0.25, 0.3) is 10.9 Å². The van der Waals surface area contributed by atoms with E-state index in [9.17, 15) is 0 Å². The molecule has 0 aliphatic carbocycles. The summed E-state index contributed by atoms with van der Waals surface area (Å²) in [4.78, 5) is 10.3. The molecule has 38 heavy (non-hydrogen) atoms. The van der Waals surface area contributed by atoms with Crippen LogP contribution < -0.4 is 4.74 Å². The van der Waals surface area contributed by atoms with Crippen molar-refractivity contribution in [3.05, 3.63) is 64.8 Å². The predicted molar refractivity (Wildman–Crippen MR) is 158 cm³/mol. The van der Waals surface area contributed by atoms with E-state index in [0.717, 1.165) is 58.0 Å². The van der Waals surface area contributed by atoms with Crippen LogP contribution in [-0.4, -0.2) is 104 Å². The first kappa shape index (κ1) is 27.2. The zero-order valence-corrected chi connectivity index (χ0v) is 24.1. The van der Waals surface area contributed by atoms with Crippen molar-refractivity contribution in [3.8, 4) is 5.75 Å². The molecule has 0 spiro atoms. The summed E-state index contributed by atoms with van der Waals surface area (Å²) in [6.45, 7) is 18.5. The summed E-state index contributed by atoms with van der Waals surface area (Å²) in [5, 5.41) is 1.44. The molecule has 2 aliphatic heterocycles. The highest BCUT2D eigenvalue weighted by Gasteiger charge is 2.18. The highest BCUT2D eigenvalue weighted by Crippen LogP contribution is 2.27. The third-order valence-corrected chi connectivity index (χ3v) is 8.90. The minimum atomic E-state index is 0.934. The van der Waals surface area contributed by atoms with Crippen molar-refractivity contribution >= 4 is 10.9 Å². The molecule has 2 fully saturated rings. The van der Waals surface area contributed by atoms with E-state index in [4.69, 9.17) is 4.74 Å². The van der Waals surface area contributed by atoms with Crippen LogP contribution in [0.15, 0.2) is 42.5 Å². The molecule has 3 heterocycles. The van der Waals surface area contributed by atoms with Gasteiger partial charge in [-0.25, -0.2) is 0 Å². The molecule has 2 saturated heterocycles. The van der Waals surface area contributed by atoms with Crippen LogP contribution >= 0.6 is 0 Å². The van der Waals surface area contributed by atoms with Crippen molar-refractivity contribution < 1.29 is 4.74 Å². The molecule has 0 amide bonds. The van der Waals surface area contributed by atoms with Crippen LogP contribution in [0, 0.1) is 13.8 Å². The molecule has 0 atom stereocenters. The Labute approximate surface area is 229 Å². The van der Waals surface area contributed by atoms with E-state index in [1.807, 2.05) is 0 Å². The summed E-state index contributed by atoms with van der Waals surface area (Å²) >= 11 is 0. The van der Waals surface area contributed by atoms with E-state index in [1.54, 1.807) is 7.11 Å². The molecule has 0 unspecified atom stereocenters. The van der Waals surface area contributed by atoms with Gasteiger partial charge in [0.25, 0.3) is 0 Å². The second kappa shape index (κ2) is 12.6. The monoisotopic (exact) mass is 517 g/mol. The lowest BCUT2D eigenvalue weighted by Gasteiger charge is -2.34. The van der Waals surface area contributed by atoms with Gasteiger partial charge < -0.3 is 24.0 Å².